The zero-order valence-electron chi connectivity index (χ0n) is 15.0. The van der Waals surface area contributed by atoms with Crippen LogP contribution in [0.4, 0.5) is 5.69 Å². The minimum atomic E-state index is -0.577. The Bertz CT molecular complexity index is 775. The molecule has 0 aliphatic carbocycles. The second-order valence-electron chi connectivity index (χ2n) is 5.95. The summed E-state index contributed by atoms with van der Waals surface area (Å²) in [7, 11) is 0. The lowest BCUT2D eigenvalue weighted by molar-refractivity contribution is -0.134. The van der Waals surface area contributed by atoms with Crippen LogP contribution in [-0.4, -0.2) is 29.3 Å². The van der Waals surface area contributed by atoms with Gasteiger partial charge in [0.1, 0.15) is 6.04 Å². The molecule has 0 bridgehead atoms. The monoisotopic (exact) mass is 370 g/mol. The molecule has 0 saturated carbocycles. The Labute approximate surface area is 159 Å². The quantitative estimate of drug-likeness (QED) is 0.723. The van der Waals surface area contributed by atoms with E-state index in [9.17, 15) is 9.59 Å². The molecule has 0 aromatic heterocycles. The summed E-state index contributed by atoms with van der Waals surface area (Å²) in [5, 5.41) is 3.45. The molecular formula is C21H23ClN2O2. The molecule has 136 valence electrons. The summed E-state index contributed by atoms with van der Waals surface area (Å²) in [5.41, 5.74) is 1.55. The predicted molar refractivity (Wildman–Crippen MR) is 107 cm³/mol. The Kier molecular flexibility index (Phi) is 7.42. The number of anilines is 1. The van der Waals surface area contributed by atoms with Crippen molar-refractivity contribution >= 4 is 35.2 Å². The van der Waals surface area contributed by atoms with Crippen molar-refractivity contribution in [1.82, 2.24) is 4.90 Å². The molecule has 0 aliphatic heterocycles. The SMILES string of the molecule is CCCN(C(=O)/C=C/c1cccc(Cl)c1)C(C)C(=O)Nc1ccccc1. The van der Waals surface area contributed by atoms with Gasteiger partial charge in [0.2, 0.25) is 11.8 Å². The molecule has 0 fully saturated rings. The van der Waals surface area contributed by atoms with Crippen molar-refractivity contribution < 1.29 is 9.59 Å². The van der Waals surface area contributed by atoms with Crippen LogP contribution in [0, 0.1) is 0 Å². The molecule has 0 saturated heterocycles. The van der Waals surface area contributed by atoms with Crippen LogP contribution in [0.3, 0.4) is 0 Å². The number of carbonyl (C=O) groups excluding carboxylic acids is 2. The Morgan fingerprint density at radius 1 is 1.15 bits per heavy atom. The minimum Gasteiger partial charge on any atom is -0.327 e. The summed E-state index contributed by atoms with van der Waals surface area (Å²) < 4.78 is 0. The van der Waals surface area contributed by atoms with Crippen molar-refractivity contribution in [3.05, 3.63) is 71.3 Å². The fraction of sp³-hybridized carbons (Fsp3) is 0.238. The van der Waals surface area contributed by atoms with Crippen molar-refractivity contribution in [3.8, 4) is 0 Å². The molecule has 0 radical (unpaired) electrons. The van der Waals surface area contributed by atoms with Crippen molar-refractivity contribution in [2.75, 3.05) is 11.9 Å². The number of rotatable bonds is 7. The molecular weight excluding hydrogens is 348 g/mol. The van der Waals surface area contributed by atoms with Crippen molar-refractivity contribution in [3.63, 3.8) is 0 Å². The van der Waals surface area contributed by atoms with Crippen LogP contribution in [0.1, 0.15) is 25.8 Å². The first-order chi connectivity index (χ1) is 12.5. The van der Waals surface area contributed by atoms with Gasteiger partial charge in [-0.15, -0.1) is 0 Å². The first-order valence-electron chi connectivity index (χ1n) is 8.61. The lowest BCUT2D eigenvalue weighted by atomic mass is 10.2. The molecule has 2 aromatic rings. The van der Waals surface area contributed by atoms with Gasteiger partial charge in [0.05, 0.1) is 0 Å². The molecule has 0 spiro atoms. The zero-order valence-corrected chi connectivity index (χ0v) is 15.7. The molecule has 2 amide bonds. The molecule has 4 nitrogen and oxygen atoms in total. The smallest absolute Gasteiger partial charge is 0.247 e. The number of carbonyl (C=O) groups is 2. The summed E-state index contributed by atoms with van der Waals surface area (Å²) in [6, 6.07) is 15.9. The minimum absolute atomic E-state index is 0.206. The highest BCUT2D eigenvalue weighted by Gasteiger charge is 2.23. The van der Waals surface area contributed by atoms with Gasteiger partial charge in [-0.3, -0.25) is 9.59 Å². The second-order valence-corrected chi connectivity index (χ2v) is 6.39. The van der Waals surface area contributed by atoms with Crippen LogP contribution in [-0.2, 0) is 9.59 Å². The lowest BCUT2D eigenvalue weighted by Gasteiger charge is -2.27. The maximum atomic E-state index is 12.6. The third-order valence-corrected chi connectivity index (χ3v) is 4.14. The lowest BCUT2D eigenvalue weighted by Crippen LogP contribution is -2.45. The molecule has 2 rings (SSSR count). The van der Waals surface area contributed by atoms with Gasteiger partial charge in [0.25, 0.3) is 0 Å². The van der Waals surface area contributed by atoms with E-state index >= 15 is 0 Å². The van der Waals surface area contributed by atoms with Crippen LogP contribution < -0.4 is 5.32 Å². The van der Waals surface area contributed by atoms with E-state index in [0.29, 0.717) is 17.3 Å². The van der Waals surface area contributed by atoms with Gasteiger partial charge in [-0.25, -0.2) is 0 Å². The van der Waals surface area contributed by atoms with Gasteiger partial charge < -0.3 is 10.2 Å². The molecule has 1 unspecified atom stereocenters. The van der Waals surface area contributed by atoms with Crippen molar-refractivity contribution in [1.29, 1.82) is 0 Å². The maximum Gasteiger partial charge on any atom is 0.247 e. The van der Waals surface area contributed by atoms with Crippen LogP contribution in [0.5, 0.6) is 0 Å². The van der Waals surface area contributed by atoms with Gasteiger partial charge in [-0.05, 0) is 49.2 Å². The van der Waals surface area contributed by atoms with Crippen molar-refractivity contribution in [2.24, 2.45) is 0 Å². The molecule has 1 atom stereocenters. The number of hydrogen-bond donors (Lipinski definition) is 1. The average molecular weight is 371 g/mol. The van der Waals surface area contributed by atoms with E-state index in [1.807, 2.05) is 49.4 Å². The Morgan fingerprint density at radius 2 is 1.88 bits per heavy atom. The van der Waals surface area contributed by atoms with E-state index < -0.39 is 6.04 Å². The number of nitrogens with zero attached hydrogens (tertiary/aromatic N) is 1. The number of halogens is 1. The number of amides is 2. The molecule has 1 N–H and O–H groups in total. The van der Waals surface area contributed by atoms with E-state index in [4.69, 9.17) is 11.6 Å². The molecule has 0 aliphatic rings. The Balaban J connectivity index is 2.08. The van der Waals surface area contributed by atoms with Crippen LogP contribution >= 0.6 is 11.6 Å². The first kappa shape index (κ1) is 19.7. The van der Waals surface area contributed by atoms with Gasteiger partial charge in [-0.1, -0.05) is 48.9 Å². The Hall–Kier alpha value is -2.59. The molecule has 0 heterocycles. The van der Waals surface area contributed by atoms with Crippen LogP contribution in [0.25, 0.3) is 6.08 Å². The summed E-state index contributed by atoms with van der Waals surface area (Å²) in [6.07, 6.45) is 3.95. The normalized spacial score (nSPS) is 12.0. The average Bonchev–Trinajstić information content (AvgIpc) is 2.64. The highest BCUT2D eigenvalue weighted by atomic mass is 35.5. The molecule has 2 aromatic carbocycles. The fourth-order valence-corrected chi connectivity index (χ4v) is 2.72. The molecule has 26 heavy (non-hydrogen) atoms. The van der Waals surface area contributed by atoms with Gasteiger partial charge in [0.15, 0.2) is 0 Å². The largest absolute Gasteiger partial charge is 0.327 e. The zero-order chi connectivity index (χ0) is 18.9. The summed E-state index contributed by atoms with van der Waals surface area (Å²) in [4.78, 5) is 26.7. The van der Waals surface area contributed by atoms with Crippen LogP contribution in [0.2, 0.25) is 5.02 Å². The topological polar surface area (TPSA) is 49.4 Å². The number of nitrogens with one attached hydrogen (secondary N) is 1. The predicted octanol–water partition coefficient (Wildman–Crippen LogP) is 4.62. The second kappa shape index (κ2) is 9.78. The summed E-state index contributed by atoms with van der Waals surface area (Å²) in [6.45, 7) is 4.21. The third kappa shape index (κ3) is 5.74. The highest BCUT2D eigenvalue weighted by Crippen LogP contribution is 2.13. The van der Waals surface area contributed by atoms with Crippen LogP contribution in [0.15, 0.2) is 60.7 Å². The molecule has 5 heteroatoms. The first-order valence-corrected chi connectivity index (χ1v) is 8.99. The Morgan fingerprint density at radius 3 is 2.54 bits per heavy atom. The fourth-order valence-electron chi connectivity index (χ4n) is 2.52. The summed E-state index contributed by atoms with van der Waals surface area (Å²) >= 11 is 5.96. The number of para-hydroxylation sites is 1. The van der Waals surface area contributed by atoms with Gasteiger partial charge >= 0.3 is 0 Å². The van der Waals surface area contributed by atoms with E-state index in [1.165, 1.54) is 6.08 Å². The standard InChI is InChI=1S/C21H23ClN2O2/c1-3-14-24(16(2)21(26)23-19-10-5-4-6-11-19)20(25)13-12-17-8-7-9-18(22)15-17/h4-13,15-16H,3,14H2,1-2H3,(H,23,26)/b13-12+. The van der Waals surface area contributed by atoms with E-state index in [1.54, 1.807) is 30.0 Å². The highest BCUT2D eigenvalue weighted by molar-refractivity contribution is 6.30. The van der Waals surface area contributed by atoms with Gasteiger partial charge in [0, 0.05) is 23.3 Å². The van der Waals surface area contributed by atoms with E-state index in [2.05, 4.69) is 5.32 Å². The third-order valence-electron chi connectivity index (χ3n) is 3.90. The number of hydrogen-bond acceptors (Lipinski definition) is 2. The maximum absolute atomic E-state index is 12.6. The van der Waals surface area contributed by atoms with E-state index in [-0.39, 0.29) is 11.8 Å². The van der Waals surface area contributed by atoms with Crippen molar-refractivity contribution in [2.45, 2.75) is 26.3 Å². The van der Waals surface area contributed by atoms with Gasteiger partial charge in [-0.2, -0.15) is 0 Å². The number of benzene rings is 2. The summed E-state index contributed by atoms with van der Waals surface area (Å²) in [5.74, 6) is -0.420. The van der Waals surface area contributed by atoms with E-state index in [0.717, 1.165) is 12.0 Å².